The zero-order chi connectivity index (χ0) is 18.0. The Kier molecular flexibility index (Phi) is 4.93. The van der Waals surface area contributed by atoms with Crippen LogP contribution < -0.4 is 11.1 Å². The third-order valence-electron chi connectivity index (χ3n) is 3.12. The normalized spacial score (nSPS) is 10.3. The maximum Gasteiger partial charge on any atom is 0.348 e. The van der Waals surface area contributed by atoms with E-state index in [1.54, 1.807) is 0 Å². The van der Waals surface area contributed by atoms with E-state index in [1.165, 1.54) is 14.0 Å². The van der Waals surface area contributed by atoms with Crippen LogP contribution in [-0.2, 0) is 4.74 Å². The maximum absolute atomic E-state index is 13.2. The first-order valence-corrected chi connectivity index (χ1v) is 7.35. The molecule has 1 aromatic heterocycles. The SMILES string of the molecule is COC(=O)c1sc(NC(=O)c2cc(F)cc(F)c2)c(C(N)=O)c1C. The monoisotopic (exact) mass is 354 g/mol. The molecule has 2 aromatic rings. The van der Waals surface area contributed by atoms with Crippen molar-refractivity contribution in [2.24, 2.45) is 5.73 Å². The Morgan fingerprint density at radius 2 is 1.75 bits per heavy atom. The van der Waals surface area contributed by atoms with Crippen LogP contribution in [-0.4, -0.2) is 24.9 Å². The van der Waals surface area contributed by atoms with Crippen molar-refractivity contribution in [3.05, 3.63) is 51.4 Å². The third-order valence-corrected chi connectivity index (χ3v) is 4.30. The molecule has 1 heterocycles. The minimum atomic E-state index is -0.923. The summed E-state index contributed by atoms with van der Waals surface area (Å²) in [6.07, 6.45) is 0. The number of nitrogens with one attached hydrogen (secondary N) is 1. The number of thiophene rings is 1. The Bertz CT molecular complexity index is 828. The van der Waals surface area contributed by atoms with Crippen molar-refractivity contribution >= 4 is 34.1 Å². The molecule has 0 spiro atoms. The molecule has 0 bridgehead atoms. The van der Waals surface area contributed by atoms with Gasteiger partial charge in [-0.25, -0.2) is 13.6 Å². The minimum absolute atomic E-state index is 0.00457. The molecule has 126 valence electrons. The molecule has 2 rings (SSSR count). The summed E-state index contributed by atoms with van der Waals surface area (Å²) in [5, 5.41) is 2.34. The molecule has 0 radical (unpaired) electrons. The predicted molar refractivity (Wildman–Crippen MR) is 83.2 cm³/mol. The second-order valence-electron chi connectivity index (χ2n) is 4.73. The van der Waals surface area contributed by atoms with Crippen molar-refractivity contribution in [1.82, 2.24) is 0 Å². The molecular formula is C15H12F2N2O4S. The number of methoxy groups -OCH3 is 1. The maximum atomic E-state index is 13.2. The van der Waals surface area contributed by atoms with Crippen molar-refractivity contribution in [3.63, 3.8) is 0 Å². The van der Waals surface area contributed by atoms with Crippen molar-refractivity contribution in [2.45, 2.75) is 6.92 Å². The Labute approximate surface area is 139 Å². The number of rotatable bonds is 4. The summed E-state index contributed by atoms with van der Waals surface area (Å²) < 4.78 is 31.0. The summed E-state index contributed by atoms with van der Waals surface area (Å²) in [6, 6.07) is 2.30. The van der Waals surface area contributed by atoms with E-state index in [2.05, 4.69) is 10.1 Å². The number of benzene rings is 1. The second-order valence-corrected chi connectivity index (χ2v) is 5.75. The van der Waals surface area contributed by atoms with Crippen LogP contribution in [0.3, 0.4) is 0 Å². The van der Waals surface area contributed by atoms with Crippen molar-refractivity contribution in [1.29, 1.82) is 0 Å². The lowest BCUT2D eigenvalue weighted by Crippen LogP contribution is -2.17. The summed E-state index contributed by atoms with van der Waals surface area (Å²) in [5.74, 6) is -4.26. The lowest BCUT2D eigenvalue weighted by Gasteiger charge is -2.05. The number of halogens is 2. The Morgan fingerprint density at radius 3 is 2.25 bits per heavy atom. The molecule has 0 saturated heterocycles. The smallest absolute Gasteiger partial charge is 0.348 e. The number of carbonyl (C=O) groups is 3. The van der Waals surface area contributed by atoms with Gasteiger partial charge in [0.2, 0.25) is 0 Å². The molecular weight excluding hydrogens is 342 g/mol. The van der Waals surface area contributed by atoms with Crippen LogP contribution in [0.15, 0.2) is 18.2 Å². The fourth-order valence-corrected chi connectivity index (χ4v) is 3.17. The van der Waals surface area contributed by atoms with E-state index in [-0.39, 0.29) is 26.6 Å². The molecule has 0 atom stereocenters. The summed E-state index contributed by atoms with van der Waals surface area (Å²) in [6.45, 7) is 1.47. The molecule has 9 heteroatoms. The first-order chi connectivity index (χ1) is 11.2. The quantitative estimate of drug-likeness (QED) is 0.824. The van der Waals surface area contributed by atoms with Crippen LogP contribution in [0, 0.1) is 18.6 Å². The van der Waals surface area contributed by atoms with Crippen molar-refractivity contribution in [3.8, 4) is 0 Å². The highest BCUT2D eigenvalue weighted by Crippen LogP contribution is 2.33. The lowest BCUT2D eigenvalue weighted by atomic mass is 10.1. The predicted octanol–water partition coefficient (Wildman–Crippen LogP) is 2.47. The number of anilines is 1. The summed E-state index contributed by atoms with van der Waals surface area (Å²) in [5.41, 5.74) is 5.18. The number of amides is 2. The highest BCUT2D eigenvalue weighted by atomic mass is 32.1. The zero-order valence-electron chi connectivity index (χ0n) is 12.6. The summed E-state index contributed by atoms with van der Waals surface area (Å²) >= 11 is 0.784. The van der Waals surface area contributed by atoms with Gasteiger partial charge in [0.05, 0.1) is 12.7 Å². The van der Waals surface area contributed by atoms with Gasteiger partial charge in [-0.05, 0) is 24.6 Å². The van der Waals surface area contributed by atoms with E-state index in [0.29, 0.717) is 6.07 Å². The number of ether oxygens (including phenoxy) is 1. The molecule has 0 unspecified atom stereocenters. The van der Waals surface area contributed by atoms with E-state index in [0.717, 1.165) is 23.5 Å². The number of primary amides is 1. The Hall–Kier alpha value is -2.81. The molecule has 1 aromatic carbocycles. The molecule has 24 heavy (non-hydrogen) atoms. The molecule has 0 aliphatic rings. The average Bonchev–Trinajstić information content (AvgIpc) is 2.81. The molecule has 0 aliphatic heterocycles. The van der Waals surface area contributed by atoms with Crippen LogP contribution in [0.25, 0.3) is 0 Å². The van der Waals surface area contributed by atoms with Gasteiger partial charge in [0.25, 0.3) is 11.8 Å². The fourth-order valence-electron chi connectivity index (χ4n) is 2.05. The standard InChI is InChI=1S/C15H12F2N2O4S/c1-6-10(12(18)20)14(24-11(6)15(22)23-2)19-13(21)7-3-8(16)5-9(17)4-7/h3-5H,1-2H3,(H2,18,20)(H,19,21). The zero-order valence-corrected chi connectivity index (χ0v) is 13.4. The van der Waals surface area contributed by atoms with Gasteiger partial charge in [-0.1, -0.05) is 0 Å². The molecule has 0 saturated carbocycles. The van der Waals surface area contributed by atoms with E-state index in [4.69, 9.17) is 5.73 Å². The van der Waals surface area contributed by atoms with E-state index in [9.17, 15) is 23.2 Å². The summed E-state index contributed by atoms with van der Waals surface area (Å²) in [4.78, 5) is 35.5. The first kappa shape index (κ1) is 17.5. The van der Waals surface area contributed by atoms with Gasteiger partial charge in [-0.2, -0.15) is 0 Å². The van der Waals surface area contributed by atoms with Gasteiger partial charge in [-0.15, -0.1) is 11.3 Å². The first-order valence-electron chi connectivity index (χ1n) is 6.53. The van der Waals surface area contributed by atoms with E-state index in [1.807, 2.05) is 0 Å². The van der Waals surface area contributed by atoms with Gasteiger partial charge in [-0.3, -0.25) is 9.59 Å². The number of esters is 1. The number of carbonyl (C=O) groups excluding carboxylic acids is 3. The Morgan fingerprint density at radius 1 is 1.17 bits per heavy atom. The van der Waals surface area contributed by atoms with Gasteiger partial charge in [0.1, 0.15) is 21.5 Å². The molecule has 3 N–H and O–H groups in total. The lowest BCUT2D eigenvalue weighted by molar-refractivity contribution is 0.0605. The van der Waals surface area contributed by atoms with Crippen LogP contribution in [0.2, 0.25) is 0 Å². The van der Waals surface area contributed by atoms with Gasteiger partial charge < -0.3 is 15.8 Å². The van der Waals surface area contributed by atoms with Gasteiger partial charge in [0.15, 0.2) is 0 Å². The minimum Gasteiger partial charge on any atom is -0.465 e. The fraction of sp³-hybridized carbons (Fsp3) is 0.133. The highest BCUT2D eigenvalue weighted by Gasteiger charge is 2.25. The van der Waals surface area contributed by atoms with Gasteiger partial charge in [0, 0.05) is 11.6 Å². The third kappa shape index (κ3) is 3.40. The second kappa shape index (κ2) is 6.75. The molecule has 6 nitrogen and oxygen atoms in total. The van der Waals surface area contributed by atoms with Crippen LogP contribution in [0.1, 0.15) is 36.0 Å². The highest BCUT2D eigenvalue weighted by molar-refractivity contribution is 7.18. The molecule has 2 amide bonds. The van der Waals surface area contributed by atoms with Crippen molar-refractivity contribution < 1.29 is 27.9 Å². The van der Waals surface area contributed by atoms with Gasteiger partial charge >= 0.3 is 5.97 Å². The van der Waals surface area contributed by atoms with Crippen LogP contribution in [0.4, 0.5) is 13.8 Å². The average molecular weight is 354 g/mol. The van der Waals surface area contributed by atoms with E-state index < -0.39 is 29.4 Å². The summed E-state index contributed by atoms with van der Waals surface area (Å²) in [7, 11) is 1.17. The number of nitrogens with two attached hydrogens (primary N) is 1. The largest absolute Gasteiger partial charge is 0.465 e. The van der Waals surface area contributed by atoms with Crippen LogP contribution in [0.5, 0.6) is 0 Å². The number of hydrogen-bond acceptors (Lipinski definition) is 5. The van der Waals surface area contributed by atoms with E-state index >= 15 is 0 Å². The number of hydrogen-bond donors (Lipinski definition) is 2. The van der Waals surface area contributed by atoms with Crippen molar-refractivity contribution in [2.75, 3.05) is 12.4 Å². The molecule has 0 fully saturated rings. The Balaban J connectivity index is 2.43. The van der Waals surface area contributed by atoms with Crippen LogP contribution >= 0.6 is 11.3 Å². The topological polar surface area (TPSA) is 98.5 Å². The molecule has 0 aliphatic carbocycles.